The Kier molecular flexibility index (Phi) is 5.36. The number of halogens is 1. The molecule has 1 heterocycles. The summed E-state index contributed by atoms with van der Waals surface area (Å²) in [6.45, 7) is 5.60. The van der Waals surface area contributed by atoms with Gasteiger partial charge in [-0.15, -0.1) is 0 Å². The summed E-state index contributed by atoms with van der Waals surface area (Å²) >= 11 is 6.10. The maximum Gasteiger partial charge on any atom is 0.408 e. The topological polar surface area (TPSA) is 76.7 Å². The maximum absolute atomic E-state index is 12.0. The number of nitrogens with one attached hydrogen (secondary N) is 2. The SMILES string of the molecule is CC(C)(C)OC(=O)NCC(=O)N[C@H]1CCOc2c(Cl)cccc21. The largest absolute Gasteiger partial charge is 0.492 e. The van der Waals surface area contributed by atoms with Gasteiger partial charge in [-0.1, -0.05) is 23.7 Å². The van der Waals surface area contributed by atoms with E-state index in [1.807, 2.05) is 12.1 Å². The van der Waals surface area contributed by atoms with E-state index >= 15 is 0 Å². The van der Waals surface area contributed by atoms with Gasteiger partial charge in [-0.25, -0.2) is 4.79 Å². The Bertz CT molecular complexity index is 598. The molecule has 2 rings (SSSR count). The van der Waals surface area contributed by atoms with Crippen molar-refractivity contribution in [3.8, 4) is 5.75 Å². The molecule has 1 aromatic carbocycles. The lowest BCUT2D eigenvalue weighted by molar-refractivity contribution is -0.121. The molecule has 2 N–H and O–H groups in total. The van der Waals surface area contributed by atoms with Gasteiger partial charge >= 0.3 is 6.09 Å². The number of rotatable bonds is 3. The molecular formula is C16H21ClN2O4. The summed E-state index contributed by atoms with van der Waals surface area (Å²) in [5.41, 5.74) is 0.242. The highest BCUT2D eigenvalue weighted by atomic mass is 35.5. The van der Waals surface area contributed by atoms with Gasteiger partial charge in [-0.05, 0) is 26.8 Å². The average Bonchev–Trinajstić information content (AvgIpc) is 2.44. The highest BCUT2D eigenvalue weighted by Crippen LogP contribution is 2.37. The number of ether oxygens (including phenoxy) is 2. The van der Waals surface area contributed by atoms with Crippen LogP contribution in [0.4, 0.5) is 4.79 Å². The number of carbonyl (C=O) groups excluding carboxylic acids is 2. The molecule has 7 heteroatoms. The molecular weight excluding hydrogens is 320 g/mol. The molecule has 23 heavy (non-hydrogen) atoms. The predicted octanol–water partition coefficient (Wildman–Crippen LogP) is 2.80. The van der Waals surface area contributed by atoms with Crippen LogP contribution in [0.2, 0.25) is 5.02 Å². The summed E-state index contributed by atoms with van der Waals surface area (Å²) in [5.74, 6) is 0.305. The minimum atomic E-state index is -0.622. The number of alkyl carbamates (subject to hydrolysis) is 1. The van der Waals surface area contributed by atoms with Gasteiger partial charge in [0.05, 0.1) is 17.7 Å². The lowest BCUT2D eigenvalue weighted by Crippen LogP contribution is -2.41. The molecule has 0 aliphatic carbocycles. The molecule has 6 nitrogen and oxygen atoms in total. The molecule has 0 spiro atoms. The normalized spacial score (nSPS) is 16.8. The molecule has 1 aromatic rings. The lowest BCUT2D eigenvalue weighted by atomic mass is 10.0. The Balaban J connectivity index is 1.90. The van der Waals surface area contributed by atoms with Crippen LogP contribution in [0.5, 0.6) is 5.75 Å². The van der Waals surface area contributed by atoms with Crippen molar-refractivity contribution in [2.45, 2.75) is 38.8 Å². The lowest BCUT2D eigenvalue weighted by Gasteiger charge is -2.27. The quantitative estimate of drug-likeness (QED) is 0.887. The Morgan fingerprint density at radius 3 is 2.83 bits per heavy atom. The van der Waals surface area contributed by atoms with E-state index < -0.39 is 11.7 Å². The fraction of sp³-hybridized carbons (Fsp3) is 0.500. The van der Waals surface area contributed by atoms with Gasteiger partial charge in [-0.2, -0.15) is 0 Å². The third-order valence-electron chi connectivity index (χ3n) is 3.15. The van der Waals surface area contributed by atoms with Crippen molar-refractivity contribution >= 4 is 23.6 Å². The molecule has 126 valence electrons. The van der Waals surface area contributed by atoms with E-state index in [4.69, 9.17) is 21.1 Å². The fourth-order valence-electron chi connectivity index (χ4n) is 2.25. The molecule has 0 aromatic heterocycles. The van der Waals surface area contributed by atoms with Gasteiger partial charge < -0.3 is 20.1 Å². The third kappa shape index (κ3) is 5.03. The van der Waals surface area contributed by atoms with Gasteiger partial charge in [0.15, 0.2) is 0 Å². The van der Waals surface area contributed by atoms with Gasteiger partial charge in [0.25, 0.3) is 0 Å². The van der Waals surface area contributed by atoms with Crippen LogP contribution in [0, 0.1) is 0 Å². The van der Waals surface area contributed by atoms with Crippen molar-refractivity contribution in [3.05, 3.63) is 28.8 Å². The molecule has 0 unspecified atom stereocenters. The Labute approximate surface area is 140 Å². The first kappa shape index (κ1) is 17.4. The number of para-hydroxylation sites is 1. The molecule has 1 atom stereocenters. The van der Waals surface area contributed by atoms with Crippen LogP contribution in [0.3, 0.4) is 0 Å². The van der Waals surface area contributed by atoms with Crippen molar-refractivity contribution in [1.82, 2.24) is 10.6 Å². The van der Waals surface area contributed by atoms with Crippen LogP contribution in [0.15, 0.2) is 18.2 Å². The highest BCUT2D eigenvalue weighted by Gasteiger charge is 2.25. The Morgan fingerprint density at radius 1 is 1.39 bits per heavy atom. The molecule has 0 saturated carbocycles. The smallest absolute Gasteiger partial charge is 0.408 e. The predicted molar refractivity (Wildman–Crippen MR) is 86.7 cm³/mol. The standard InChI is InChI=1S/C16H21ClN2O4/c1-16(2,3)23-15(21)18-9-13(20)19-12-7-8-22-14-10(12)5-4-6-11(14)17/h4-6,12H,7-9H2,1-3H3,(H,18,21)(H,19,20)/t12-/m0/s1. The van der Waals surface area contributed by atoms with Crippen LogP contribution >= 0.6 is 11.6 Å². The second kappa shape index (κ2) is 7.08. The number of benzene rings is 1. The molecule has 0 saturated heterocycles. The summed E-state index contributed by atoms with van der Waals surface area (Å²) in [6.07, 6.45) is 0.0222. The molecule has 0 bridgehead atoms. The average molecular weight is 341 g/mol. The highest BCUT2D eigenvalue weighted by molar-refractivity contribution is 6.32. The van der Waals surface area contributed by atoms with Gasteiger partial charge in [-0.3, -0.25) is 4.79 Å². The summed E-state index contributed by atoms with van der Waals surface area (Å²) in [7, 11) is 0. The second-order valence-electron chi connectivity index (χ2n) is 6.27. The van der Waals surface area contributed by atoms with Crippen LogP contribution in [-0.2, 0) is 9.53 Å². The summed E-state index contributed by atoms with van der Waals surface area (Å²) in [6, 6.07) is 5.24. The third-order valence-corrected chi connectivity index (χ3v) is 3.45. The molecule has 0 fully saturated rings. The number of fused-ring (bicyclic) bond motifs is 1. The zero-order chi connectivity index (χ0) is 17.0. The first-order valence-electron chi connectivity index (χ1n) is 7.44. The first-order chi connectivity index (χ1) is 10.8. The number of hydrogen-bond donors (Lipinski definition) is 2. The maximum atomic E-state index is 12.0. The number of carbonyl (C=O) groups is 2. The number of amides is 2. The zero-order valence-corrected chi connectivity index (χ0v) is 14.2. The van der Waals surface area contributed by atoms with E-state index in [0.717, 1.165) is 5.56 Å². The van der Waals surface area contributed by atoms with Crippen molar-refractivity contribution in [3.63, 3.8) is 0 Å². The van der Waals surface area contributed by atoms with Gasteiger partial charge in [0, 0.05) is 12.0 Å². The zero-order valence-electron chi connectivity index (χ0n) is 13.4. The fourth-order valence-corrected chi connectivity index (χ4v) is 2.48. The monoisotopic (exact) mass is 340 g/mol. The Morgan fingerprint density at radius 2 is 2.13 bits per heavy atom. The first-order valence-corrected chi connectivity index (χ1v) is 7.81. The van der Waals surface area contributed by atoms with E-state index in [-0.39, 0.29) is 18.5 Å². The molecule has 1 aliphatic rings. The van der Waals surface area contributed by atoms with Crippen LogP contribution in [-0.4, -0.2) is 30.8 Å². The van der Waals surface area contributed by atoms with Crippen molar-refractivity contribution in [1.29, 1.82) is 0 Å². The minimum absolute atomic E-state index is 0.151. The van der Waals surface area contributed by atoms with Crippen LogP contribution < -0.4 is 15.4 Å². The summed E-state index contributed by atoms with van der Waals surface area (Å²) in [4.78, 5) is 23.6. The second-order valence-corrected chi connectivity index (χ2v) is 6.68. The van der Waals surface area contributed by atoms with Crippen molar-refractivity contribution < 1.29 is 19.1 Å². The minimum Gasteiger partial charge on any atom is -0.492 e. The van der Waals surface area contributed by atoms with Crippen LogP contribution in [0.25, 0.3) is 0 Å². The number of hydrogen-bond acceptors (Lipinski definition) is 4. The Hall–Kier alpha value is -1.95. The van der Waals surface area contributed by atoms with Gasteiger partial charge in [0.2, 0.25) is 5.91 Å². The van der Waals surface area contributed by atoms with E-state index in [2.05, 4.69) is 10.6 Å². The molecule has 1 aliphatic heterocycles. The van der Waals surface area contributed by atoms with E-state index in [0.29, 0.717) is 23.8 Å². The van der Waals surface area contributed by atoms with Crippen molar-refractivity contribution in [2.75, 3.05) is 13.2 Å². The molecule has 2 amide bonds. The molecule has 0 radical (unpaired) electrons. The van der Waals surface area contributed by atoms with Crippen LogP contribution in [0.1, 0.15) is 38.8 Å². The van der Waals surface area contributed by atoms with E-state index in [1.54, 1.807) is 26.8 Å². The van der Waals surface area contributed by atoms with E-state index in [9.17, 15) is 9.59 Å². The summed E-state index contributed by atoms with van der Waals surface area (Å²) < 4.78 is 10.6. The summed E-state index contributed by atoms with van der Waals surface area (Å²) in [5, 5.41) is 5.83. The van der Waals surface area contributed by atoms with E-state index in [1.165, 1.54) is 0 Å². The van der Waals surface area contributed by atoms with Gasteiger partial charge in [0.1, 0.15) is 17.9 Å². The van der Waals surface area contributed by atoms with Crippen molar-refractivity contribution in [2.24, 2.45) is 0 Å².